The second kappa shape index (κ2) is 21.4. The highest BCUT2D eigenvalue weighted by Crippen LogP contribution is 2.25. The number of nitrogens with two attached hydrogens (primary N) is 1. The van der Waals surface area contributed by atoms with E-state index in [0.717, 1.165) is 35.1 Å². The van der Waals surface area contributed by atoms with Crippen molar-refractivity contribution in [2.45, 2.75) is 86.5 Å². The highest BCUT2D eigenvalue weighted by molar-refractivity contribution is 5.99. The topological polar surface area (TPSA) is 26.0 Å². The van der Waals surface area contributed by atoms with E-state index in [1.54, 1.807) is 0 Å². The van der Waals surface area contributed by atoms with Crippen molar-refractivity contribution in [1.82, 2.24) is 0 Å². The number of hydrogen-bond donors (Lipinski definition) is 1. The first-order valence-electron chi connectivity index (χ1n) is 16.7. The molecule has 5 rings (SSSR count). The average molecular weight is 596 g/mol. The Labute approximate surface area is 274 Å². The van der Waals surface area contributed by atoms with Crippen molar-refractivity contribution in [3.05, 3.63) is 131 Å². The maximum absolute atomic E-state index is 4.50. The molecule has 1 heteroatoms. The Morgan fingerprint density at radius 1 is 0.578 bits per heavy atom. The quantitative estimate of drug-likeness (QED) is 0.142. The SMILES string of the molecule is CCC.CCC.CCCCCc1ccc(C#Cc2ccc3cc4cc(C#CC5=CC=C(C)CC=C5)ccc4cc3c2)cc1.CN. The molecule has 1 aliphatic rings. The van der Waals surface area contributed by atoms with Gasteiger partial charge in [0.2, 0.25) is 0 Å². The molecule has 4 aromatic carbocycles. The van der Waals surface area contributed by atoms with Crippen molar-refractivity contribution >= 4 is 21.5 Å². The summed E-state index contributed by atoms with van der Waals surface area (Å²) in [6.45, 7) is 12.9. The molecule has 0 fully saturated rings. The van der Waals surface area contributed by atoms with Crippen molar-refractivity contribution < 1.29 is 0 Å². The predicted octanol–water partition coefficient (Wildman–Crippen LogP) is 11.7. The molecule has 2 N–H and O–H groups in total. The van der Waals surface area contributed by atoms with Gasteiger partial charge < -0.3 is 5.73 Å². The van der Waals surface area contributed by atoms with Crippen LogP contribution in [0.15, 0.2) is 108 Å². The molecular weight excluding hydrogens is 542 g/mol. The summed E-state index contributed by atoms with van der Waals surface area (Å²) < 4.78 is 0. The lowest BCUT2D eigenvalue weighted by molar-refractivity contribution is 0.717. The maximum Gasteiger partial charge on any atom is 0.0255 e. The van der Waals surface area contributed by atoms with Crippen molar-refractivity contribution in [2.24, 2.45) is 5.73 Å². The van der Waals surface area contributed by atoms with Crippen LogP contribution in [0.5, 0.6) is 0 Å². The molecule has 0 atom stereocenters. The average Bonchev–Trinajstić information content (AvgIpc) is 3.27. The molecule has 0 heterocycles. The van der Waals surface area contributed by atoms with Gasteiger partial charge in [-0.2, -0.15) is 0 Å². The third-order valence-corrected chi connectivity index (χ3v) is 6.81. The Morgan fingerprint density at radius 2 is 1.09 bits per heavy atom. The molecule has 45 heavy (non-hydrogen) atoms. The minimum absolute atomic E-state index is 0.990. The number of fused-ring (bicyclic) bond motifs is 2. The summed E-state index contributed by atoms with van der Waals surface area (Å²) in [7, 11) is 1.50. The minimum Gasteiger partial charge on any atom is -0.333 e. The summed E-state index contributed by atoms with van der Waals surface area (Å²) in [5.74, 6) is 13.3. The third-order valence-electron chi connectivity index (χ3n) is 6.81. The van der Waals surface area contributed by atoms with Crippen molar-refractivity contribution in [3.63, 3.8) is 0 Å². The first kappa shape index (κ1) is 36.9. The summed E-state index contributed by atoms with van der Waals surface area (Å²) in [6, 6.07) is 26.2. The Hall–Kier alpha value is -4.30. The van der Waals surface area contributed by atoms with Gasteiger partial charge in [0.25, 0.3) is 0 Å². The monoisotopic (exact) mass is 595 g/mol. The van der Waals surface area contributed by atoms with E-state index in [0.29, 0.717) is 0 Å². The summed E-state index contributed by atoms with van der Waals surface area (Å²) in [5.41, 5.74) is 11.4. The lowest BCUT2D eigenvalue weighted by Crippen LogP contribution is -1.85. The summed E-state index contributed by atoms with van der Waals surface area (Å²) >= 11 is 0. The van der Waals surface area contributed by atoms with Crippen LogP contribution in [-0.2, 0) is 6.42 Å². The van der Waals surface area contributed by atoms with E-state index in [1.165, 1.54) is 71.8 Å². The molecule has 0 unspecified atom stereocenters. The Bertz CT molecular complexity index is 1690. The number of allylic oxidation sites excluding steroid dienone is 6. The van der Waals surface area contributed by atoms with Gasteiger partial charge in [0.15, 0.2) is 0 Å². The largest absolute Gasteiger partial charge is 0.333 e. The van der Waals surface area contributed by atoms with Crippen LogP contribution >= 0.6 is 0 Å². The van der Waals surface area contributed by atoms with Gasteiger partial charge in [-0.1, -0.05) is 132 Å². The fourth-order valence-corrected chi connectivity index (χ4v) is 4.59. The minimum atomic E-state index is 0.990. The van der Waals surface area contributed by atoms with E-state index >= 15 is 0 Å². The smallest absolute Gasteiger partial charge is 0.0255 e. The molecule has 0 spiro atoms. The van der Waals surface area contributed by atoms with E-state index in [1.807, 2.05) is 0 Å². The van der Waals surface area contributed by atoms with Crippen molar-refractivity contribution in [1.29, 1.82) is 0 Å². The fraction of sp³-hybridized carbons (Fsp3) is 0.318. The highest BCUT2D eigenvalue weighted by atomic mass is 14.4. The van der Waals surface area contributed by atoms with Gasteiger partial charge in [0.1, 0.15) is 0 Å². The Kier molecular flexibility index (Phi) is 17.6. The maximum atomic E-state index is 4.50. The Balaban J connectivity index is 0.000000804. The van der Waals surface area contributed by atoms with Gasteiger partial charge in [-0.05, 0) is 115 Å². The molecule has 0 aliphatic heterocycles. The lowest BCUT2D eigenvalue weighted by Gasteiger charge is -2.04. The van der Waals surface area contributed by atoms with Crippen LogP contribution in [0.25, 0.3) is 21.5 Å². The van der Waals surface area contributed by atoms with Gasteiger partial charge in [-0.15, -0.1) is 0 Å². The third kappa shape index (κ3) is 13.1. The van der Waals surface area contributed by atoms with Crippen molar-refractivity contribution in [2.75, 3.05) is 7.05 Å². The number of aryl methyl sites for hydroxylation is 1. The summed E-state index contributed by atoms with van der Waals surface area (Å²) in [5, 5.41) is 4.85. The van der Waals surface area contributed by atoms with E-state index in [9.17, 15) is 0 Å². The first-order valence-corrected chi connectivity index (χ1v) is 16.7. The highest BCUT2D eigenvalue weighted by Gasteiger charge is 2.01. The van der Waals surface area contributed by atoms with Crippen LogP contribution < -0.4 is 5.73 Å². The zero-order valence-corrected chi connectivity index (χ0v) is 28.8. The van der Waals surface area contributed by atoms with E-state index < -0.39 is 0 Å². The zero-order valence-electron chi connectivity index (χ0n) is 28.8. The molecule has 4 aromatic rings. The number of hydrogen-bond acceptors (Lipinski definition) is 1. The molecule has 0 bridgehead atoms. The summed E-state index contributed by atoms with van der Waals surface area (Å²) in [6.07, 6.45) is 17.0. The molecule has 0 amide bonds. The standard InChI is InChI=1S/C37H32.2C3H8.CH5N/c1-3-4-5-8-29-12-14-31(15-13-29)17-19-33-21-23-35-26-36-24-32(20-22-34(36)27-37(35)25-33)18-16-30-9-6-7-28(2)10-11-30;2*1-3-2;1-2/h6,9-15,20-27H,3-5,7-8H2,1-2H3;2*3H2,1-2H3;2H2,1H3. The molecular formula is C44H53N. The second-order valence-electron chi connectivity index (χ2n) is 11.3. The first-order chi connectivity index (χ1) is 22.0. The van der Waals surface area contributed by atoms with Gasteiger partial charge in [-0.25, -0.2) is 0 Å². The second-order valence-corrected chi connectivity index (χ2v) is 11.3. The van der Waals surface area contributed by atoms with Gasteiger partial charge >= 0.3 is 0 Å². The molecule has 0 radical (unpaired) electrons. The van der Waals surface area contributed by atoms with Gasteiger partial charge in [0.05, 0.1) is 0 Å². The van der Waals surface area contributed by atoms with Crippen LogP contribution in [0, 0.1) is 23.7 Å². The summed E-state index contributed by atoms with van der Waals surface area (Å²) in [4.78, 5) is 0. The molecule has 0 aromatic heterocycles. The molecule has 1 aliphatic carbocycles. The van der Waals surface area contributed by atoms with Crippen LogP contribution in [0.4, 0.5) is 0 Å². The lowest BCUT2D eigenvalue weighted by atomic mass is 10.00. The number of unbranched alkanes of at least 4 members (excludes halogenated alkanes) is 2. The Morgan fingerprint density at radius 3 is 1.64 bits per heavy atom. The molecule has 0 saturated carbocycles. The van der Waals surface area contributed by atoms with Gasteiger partial charge in [0, 0.05) is 22.3 Å². The van der Waals surface area contributed by atoms with Crippen LogP contribution in [-0.4, -0.2) is 7.05 Å². The normalized spacial score (nSPS) is 11.4. The van der Waals surface area contributed by atoms with E-state index in [-0.39, 0.29) is 0 Å². The predicted molar refractivity (Wildman–Crippen MR) is 202 cm³/mol. The molecule has 234 valence electrons. The van der Waals surface area contributed by atoms with E-state index in [4.69, 9.17) is 0 Å². The van der Waals surface area contributed by atoms with Crippen LogP contribution in [0.1, 0.15) is 102 Å². The molecule has 1 nitrogen and oxygen atoms in total. The number of benzene rings is 4. The van der Waals surface area contributed by atoms with Crippen molar-refractivity contribution in [3.8, 4) is 23.7 Å². The van der Waals surface area contributed by atoms with Crippen LogP contribution in [0.2, 0.25) is 0 Å². The fourth-order valence-electron chi connectivity index (χ4n) is 4.59. The van der Waals surface area contributed by atoms with E-state index in [2.05, 4.69) is 168 Å². The molecule has 0 saturated heterocycles. The van der Waals surface area contributed by atoms with Crippen LogP contribution in [0.3, 0.4) is 0 Å². The van der Waals surface area contributed by atoms with Gasteiger partial charge in [-0.3, -0.25) is 0 Å². The zero-order chi connectivity index (χ0) is 32.9. The number of rotatable bonds is 4.